The van der Waals surface area contributed by atoms with E-state index in [1.807, 2.05) is 6.92 Å². The Labute approximate surface area is 104 Å². The summed E-state index contributed by atoms with van der Waals surface area (Å²) >= 11 is 0. The monoisotopic (exact) mass is 243 g/mol. The van der Waals surface area contributed by atoms with Crippen molar-refractivity contribution in [1.29, 1.82) is 0 Å². The Hall–Kier alpha value is -2.63. The van der Waals surface area contributed by atoms with Crippen LogP contribution >= 0.6 is 0 Å². The molecule has 0 aliphatic heterocycles. The maximum atomic E-state index is 11.1. The standard InChI is InChI=1S/C12H13N5O/c1-7-5-10(17-12(14)15-7)16-9-4-2-3-8(6-9)11(13)18/h2-6H,1H3,(H2,13,18)(H3,14,15,16,17). The van der Waals surface area contributed by atoms with Crippen molar-refractivity contribution in [2.75, 3.05) is 11.1 Å². The van der Waals surface area contributed by atoms with Gasteiger partial charge in [-0.3, -0.25) is 4.79 Å². The minimum atomic E-state index is -0.475. The highest BCUT2D eigenvalue weighted by atomic mass is 16.1. The molecule has 0 unspecified atom stereocenters. The highest BCUT2D eigenvalue weighted by Crippen LogP contribution is 2.17. The fraction of sp³-hybridized carbons (Fsp3) is 0.0833. The van der Waals surface area contributed by atoms with Crippen molar-refractivity contribution >= 4 is 23.4 Å². The lowest BCUT2D eigenvalue weighted by atomic mass is 10.2. The van der Waals surface area contributed by atoms with E-state index in [4.69, 9.17) is 11.5 Å². The van der Waals surface area contributed by atoms with E-state index in [-0.39, 0.29) is 5.95 Å². The second-order valence-corrected chi connectivity index (χ2v) is 3.82. The summed E-state index contributed by atoms with van der Waals surface area (Å²) in [5.74, 6) is 0.294. The first kappa shape index (κ1) is 11.8. The minimum Gasteiger partial charge on any atom is -0.368 e. The third-order valence-electron chi connectivity index (χ3n) is 2.29. The molecule has 1 aromatic carbocycles. The number of aryl methyl sites for hydroxylation is 1. The Bertz CT molecular complexity index is 577. The van der Waals surface area contributed by atoms with E-state index in [1.165, 1.54) is 0 Å². The largest absolute Gasteiger partial charge is 0.368 e. The highest BCUT2D eigenvalue weighted by Gasteiger charge is 2.03. The van der Waals surface area contributed by atoms with Crippen LogP contribution in [0.5, 0.6) is 0 Å². The molecule has 1 heterocycles. The van der Waals surface area contributed by atoms with Crippen molar-refractivity contribution < 1.29 is 4.79 Å². The van der Waals surface area contributed by atoms with Crippen LogP contribution in [0.25, 0.3) is 0 Å². The summed E-state index contributed by atoms with van der Waals surface area (Å²) in [6.45, 7) is 1.82. The molecule has 0 bridgehead atoms. The lowest BCUT2D eigenvalue weighted by Crippen LogP contribution is -2.11. The Morgan fingerprint density at radius 1 is 1.28 bits per heavy atom. The molecule has 0 aliphatic rings. The molecule has 0 radical (unpaired) electrons. The molecule has 5 N–H and O–H groups in total. The van der Waals surface area contributed by atoms with Crippen LogP contribution in [0.4, 0.5) is 17.5 Å². The van der Waals surface area contributed by atoms with E-state index in [0.717, 1.165) is 5.69 Å². The third kappa shape index (κ3) is 2.73. The van der Waals surface area contributed by atoms with Crippen LogP contribution in [0.1, 0.15) is 16.1 Å². The fourth-order valence-corrected chi connectivity index (χ4v) is 1.55. The lowest BCUT2D eigenvalue weighted by molar-refractivity contribution is 0.100. The van der Waals surface area contributed by atoms with Gasteiger partial charge in [0, 0.05) is 23.0 Å². The third-order valence-corrected chi connectivity index (χ3v) is 2.29. The molecule has 1 aromatic heterocycles. The normalized spacial score (nSPS) is 10.1. The highest BCUT2D eigenvalue weighted by molar-refractivity contribution is 5.93. The van der Waals surface area contributed by atoms with E-state index in [9.17, 15) is 4.79 Å². The number of nitrogens with two attached hydrogens (primary N) is 2. The zero-order valence-corrected chi connectivity index (χ0v) is 9.84. The number of nitrogens with zero attached hydrogens (tertiary/aromatic N) is 2. The number of benzene rings is 1. The molecule has 0 atom stereocenters. The van der Waals surface area contributed by atoms with Gasteiger partial charge in [0.25, 0.3) is 0 Å². The SMILES string of the molecule is Cc1cc(Nc2cccc(C(N)=O)c2)nc(N)n1. The number of nitrogens with one attached hydrogen (secondary N) is 1. The van der Waals surface area contributed by atoms with Crippen LogP contribution in [0.15, 0.2) is 30.3 Å². The van der Waals surface area contributed by atoms with Gasteiger partial charge in [-0.25, -0.2) is 4.98 Å². The first-order chi connectivity index (χ1) is 8.54. The number of primary amides is 1. The molecule has 1 amide bonds. The number of anilines is 3. The van der Waals surface area contributed by atoms with E-state index in [0.29, 0.717) is 17.1 Å². The summed E-state index contributed by atoms with van der Waals surface area (Å²) in [5, 5.41) is 3.04. The van der Waals surface area contributed by atoms with Gasteiger partial charge in [0.05, 0.1) is 0 Å². The second kappa shape index (κ2) is 4.70. The van der Waals surface area contributed by atoms with Crippen molar-refractivity contribution in [2.45, 2.75) is 6.92 Å². The van der Waals surface area contributed by atoms with Gasteiger partial charge in [-0.2, -0.15) is 4.98 Å². The number of rotatable bonds is 3. The summed E-state index contributed by atoms with van der Waals surface area (Å²) in [6.07, 6.45) is 0. The molecule has 2 aromatic rings. The Morgan fingerprint density at radius 2 is 2.06 bits per heavy atom. The van der Waals surface area contributed by atoms with Gasteiger partial charge < -0.3 is 16.8 Å². The van der Waals surface area contributed by atoms with Crippen molar-refractivity contribution in [3.8, 4) is 0 Å². The van der Waals surface area contributed by atoms with Crippen LogP contribution in [0.2, 0.25) is 0 Å². The molecule has 0 aliphatic carbocycles. The van der Waals surface area contributed by atoms with Gasteiger partial charge in [0.15, 0.2) is 0 Å². The molecule has 92 valence electrons. The summed E-state index contributed by atoms with van der Waals surface area (Å²) in [4.78, 5) is 19.1. The summed E-state index contributed by atoms with van der Waals surface area (Å²) in [5.41, 5.74) is 12.7. The molecule has 0 saturated carbocycles. The first-order valence-electron chi connectivity index (χ1n) is 5.32. The molecular formula is C12H13N5O. The summed E-state index contributed by atoms with van der Waals surface area (Å²) in [6, 6.07) is 8.59. The smallest absolute Gasteiger partial charge is 0.248 e. The molecule has 6 nitrogen and oxygen atoms in total. The number of hydrogen-bond donors (Lipinski definition) is 3. The predicted molar refractivity (Wildman–Crippen MR) is 69.4 cm³/mol. The predicted octanol–water partition coefficient (Wildman–Crippen LogP) is 1.21. The van der Waals surface area contributed by atoms with E-state index < -0.39 is 5.91 Å². The number of carbonyl (C=O) groups excluding carboxylic acids is 1. The van der Waals surface area contributed by atoms with Gasteiger partial charge in [-0.1, -0.05) is 6.07 Å². The first-order valence-corrected chi connectivity index (χ1v) is 5.32. The maximum absolute atomic E-state index is 11.1. The van der Waals surface area contributed by atoms with Crippen molar-refractivity contribution in [3.05, 3.63) is 41.6 Å². The number of nitrogen functional groups attached to an aromatic ring is 1. The maximum Gasteiger partial charge on any atom is 0.248 e. The zero-order valence-electron chi connectivity index (χ0n) is 9.84. The van der Waals surface area contributed by atoms with Crippen LogP contribution in [-0.2, 0) is 0 Å². The molecular weight excluding hydrogens is 230 g/mol. The molecule has 0 fully saturated rings. The van der Waals surface area contributed by atoms with Gasteiger partial charge in [-0.05, 0) is 25.1 Å². The average Bonchev–Trinajstić information content (AvgIpc) is 2.27. The van der Waals surface area contributed by atoms with Crippen molar-refractivity contribution in [2.24, 2.45) is 5.73 Å². The number of carbonyl (C=O) groups is 1. The van der Waals surface area contributed by atoms with E-state index >= 15 is 0 Å². The number of amides is 1. The van der Waals surface area contributed by atoms with Gasteiger partial charge in [-0.15, -0.1) is 0 Å². The van der Waals surface area contributed by atoms with Crippen LogP contribution in [0, 0.1) is 6.92 Å². The Kier molecular flexibility index (Phi) is 3.09. The van der Waals surface area contributed by atoms with Crippen LogP contribution in [-0.4, -0.2) is 15.9 Å². The van der Waals surface area contributed by atoms with Crippen LogP contribution in [0.3, 0.4) is 0 Å². The molecule has 0 spiro atoms. The van der Waals surface area contributed by atoms with E-state index in [1.54, 1.807) is 30.3 Å². The number of aromatic nitrogens is 2. The second-order valence-electron chi connectivity index (χ2n) is 3.82. The molecule has 18 heavy (non-hydrogen) atoms. The van der Waals surface area contributed by atoms with Gasteiger partial charge >= 0.3 is 0 Å². The Morgan fingerprint density at radius 3 is 2.72 bits per heavy atom. The lowest BCUT2D eigenvalue weighted by Gasteiger charge is -2.07. The van der Waals surface area contributed by atoms with Crippen LogP contribution < -0.4 is 16.8 Å². The molecule has 6 heteroatoms. The molecule has 0 saturated heterocycles. The van der Waals surface area contributed by atoms with Gasteiger partial charge in [0.2, 0.25) is 11.9 Å². The van der Waals surface area contributed by atoms with Gasteiger partial charge in [0.1, 0.15) is 5.82 Å². The minimum absolute atomic E-state index is 0.198. The van der Waals surface area contributed by atoms with E-state index in [2.05, 4.69) is 15.3 Å². The fourth-order valence-electron chi connectivity index (χ4n) is 1.55. The Balaban J connectivity index is 2.28. The summed E-state index contributed by atoms with van der Waals surface area (Å²) in [7, 11) is 0. The summed E-state index contributed by atoms with van der Waals surface area (Å²) < 4.78 is 0. The quantitative estimate of drug-likeness (QED) is 0.751. The zero-order chi connectivity index (χ0) is 13.1. The number of hydrogen-bond acceptors (Lipinski definition) is 5. The van der Waals surface area contributed by atoms with Crippen molar-refractivity contribution in [3.63, 3.8) is 0 Å². The topological polar surface area (TPSA) is 107 Å². The van der Waals surface area contributed by atoms with Crippen molar-refractivity contribution in [1.82, 2.24) is 9.97 Å². The average molecular weight is 243 g/mol. The molecule has 2 rings (SSSR count).